The maximum atomic E-state index is 13.0. The molecule has 8 nitrogen and oxygen atoms in total. The number of fused-ring (bicyclic) bond motifs is 1. The van der Waals surface area contributed by atoms with Crippen LogP contribution in [0.1, 0.15) is 64.1 Å². The standard InChI is InChI=1S/C33H36F3N3O5S/c1-5-14-39-20-26(27-16-24(12-13-28(27)39)31(40)37-19-21(2)18-33(34,35)36)15-23-10-11-25(17-29(23)44-4)32(41)38-45(42,43)30-9-7-6-8-22(30)3/h6-13,16-17,20-21H,5,14-15,18-19H2,1-4H3,(H,37,40)(H,38,41)/t21-/m0/s1. The zero-order valence-corrected chi connectivity index (χ0v) is 26.3. The Balaban J connectivity index is 1.59. The molecule has 240 valence electrons. The summed E-state index contributed by atoms with van der Waals surface area (Å²) in [4.78, 5) is 25.8. The number of nitrogens with one attached hydrogen (secondary N) is 2. The zero-order valence-electron chi connectivity index (χ0n) is 25.5. The number of amides is 2. The fraction of sp³-hybridized carbons (Fsp3) is 0.333. The van der Waals surface area contributed by atoms with Crippen LogP contribution in [0.15, 0.2) is 71.8 Å². The lowest BCUT2D eigenvalue weighted by atomic mass is 10.0. The second kappa shape index (κ2) is 13.8. The van der Waals surface area contributed by atoms with Crippen LogP contribution in [-0.4, -0.2) is 44.6 Å². The van der Waals surface area contributed by atoms with Gasteiger partial charge in [-0.2, -0.15) is 13.2 Å². The molecule has 0 radical (unpaired) electrons. The molecule has 0 unspecified atom stereocenters. The Morgan fingerprint density at radius 3 is 2.33 bits per heavy atom. The Bertz CT molecular complexity index is 1820. The van der Waals surface area contributed by atoms with E-state index in [0.717, 1.165) is 35.0 Å². The minimum atomic E-state index is -4.30. The second-order valence-electron chi connectivity index (χ2n) is 11.1. The molecule has 2 amide bonds. The third kappa shape index (κ3) is 8.24. The number of rotatable bonds is 12. The molecule has 1 aromatic heterocycles. The van der Waals surface area contributed by atoms with Crippen LogP contribution in [0, 0.1) is 12.8 Å². The van der Waals surface area contributed by atoms with Crippen LogP contribution in [0.25, 0.3) is 10.9 Å². The van der Waals surface area contributed by atoms with Crippen molar-refractivity contribution in [3.63, 3.8) is 0 Å². The molecule has 0 saturated heterocycles. The Kier molecular flexibility index (Phi) is 10.3. The van der Waals surface area contributed by atoms with Crippen molar-refractivity contribution >= 4 is 32.7 Å². The Labute approximate surface area is 260 Å². The van der Waals surface area contributed by atoms with Crippen molar-refractivity contribution in [3.05, 3.63) is 94.7 Å². The molecular weight excluding hydrogens is 607 g/mol. The second-order valence-corrected chi connectivity index (χ2v) is 12.8. The highest BCUT2D eigenvalue weighted by Gasteiger charge is 2.30. The van der Waals surface area contributed by atoms with Gasteiger partial charge in [0.25, 0.3) is 21.8 Å². The van der Waals surface area contributed by atoms with E-state index >= 15 is 0 Å². The molecule has 1 heterocycles. The van der Waals surface area contributed by atoms with Gasteiger partial charge in [0.05, 0.1) is 12.0 Å². The number of carbonyl (C=O) groups is 2. The maximum Gasteiger partial charge on any atom is 0.389 e. The van der Waals surface area contributed by atoms with Crippen LogP contribution >= 0.6 is 0 Å². The van der Waals surface area contributed by atoms with Crippen LogP contribution in [0.5, 0.6) is 5.75 Å². The van der Waals surface area contributed by atoms with Crippen molar-refractivity contribution in [1.82, 2.24) is 14.6 Å². The Hall–Kier alpha value is -4.32. The number of ether oxygens (including phenoxy) is 1. The van der Waals surface area contributed by atoms with Gasteiger partial charge in [0.1, 0.15) is 5.75 Å². The third-order valence-corrected chi connectivity index (χ3v) is 8.91. The van der Waals surface area contributed by atoms with Crippen LogP contribution in [0.4, 0.5) is 13.2 Å². The van der Waals surface area contributed by atoms with Crippen molar-refractivity contribution in [2.45, 2.75) is 57.7 Å². The number of sulfonamides is 1. The number of alkyl halides is 3. The molecule has 0 saturated carbocycles. The molecule has 1 atom stereocenters. The van der Waals surface area contributed by atoms with Gasteiger partial charge in [0.15, 0.2) is 0 Å². The lowest BCUT2D eigenvalue weighted by Gasteiger charge is -2.15. The normalized spacial score (nSPS) is 12.6. The lowest BCUT2D eigenvalue weighted by Crippen LogP contribution is -2.31. The van der Waals surface area contributed by atoms with E-state index in [1.165, 1.54) is 32.2 Å². The monoisotopic (exact) mass is 643 g/mol. The van der Waals surface area contributed by atoms with Crippen molar-refractivity contribution in [1.29, 1.82) is 0 Å². The summed E-state index contributed by atoms with van der Waals surface area (Å²) in [6.45, 7) is 5.74. The number of aryl methyl sites for hydroxylation is 2. The summed E-state index contributed by atoms with van der Waals surface area (Å²) in [5.41, 5.74) is 3.42. The Morgan fingerprint density at radius 2 is 1.67 bits per heavy atom. The summed E-state index contributed by atoms with van der Waals surface area (Å²) < 4.78 is 73.6. The van der Waals surface area contributed by atoms with Gasteiger partial charge in [-0.15, -0.1) is 0 Å². The summed E-state index contributed by atoms with van der Waals surface area (Å²) in [5, 5.41) is 3.40. The average molecular weight is 644 g/mol. The van der Waals surface area contributed by atoms with E-state index < -0.39 is 40.4 Å². The predicted octanol–water partition coefficient (Wildman–Crippen LogP) is 6.40. The summed E-state index contributed by atoms with van der Waals surface area (Å²) in [7, 11) is -2.65. The fourth-order valence-corrected chi connectivity index (χ4v) is 6.47. The molecular formula is C33H36F3N3O5S. The van der Waals surface area contributed by atoms with Gasteiger partial charge in [-0.3, -0.25) is 9.59 Å². The minimum Gasteiger partial charge on any atom is -0.496 e. The molecule has 45 heavy (non-hydrogen) atoms. The van der Waals surface area contributed by atoms with Crippen molar-refractivity contribution in [3.8, 4) is 5.75 Å². The van der Waals surface area contributed by atoms with E-state index in [-0.39, 0.29) is 17.0 Å². The zero-order chi connectivity index (χ0) is 32.9. The molecule has 3 aromatic carbocycles. The summed E-state index contributed by atoms with van der Waals surface area (Å²) in [6, 6.07) is 16.2. The quantitative estimate of drug-likeness (QED) is 0.186. The average Bonchev–Trinajstić information content (AvgIpc) is 3.31. The molecule has 4 aromatic rings. The summed E-state index contributed by atoms with van der Waals surface area (Å²) >= 11 is 0. The molecule has 12 heteroatoms. The minimum absolute atomic E-state index is 0.00859. The topological polar surface area (TPSA) is 106 Å². The highest BCUT2D eigenvalue weighted by molar-refractivity contribution is 7.90. The summed E-state index contributed by atoms with van der Waals surface area (Å²) in [6.07, 6.45) is -2.08. The van der Waals surface area contributed by atoms with Gasteiger partial charge in [-0.05, 0) is 72.4 Å². The van der Waals surface area contributed by atoms with Gasteiger partial charge in [0, 0.05) is 54.2 Å². The molecule has 0 spiro atoms. The van der Waals surface area contributed by atoms with Gasteiger partial charge in [-0.1, -0.05) is 38.1 Å². The highest BCUT2D eigenvalue weighted by Crippen LogP contribution is 2.30. The largest absolute Gasteiger partial charge is 0.496 e. The fourth-order valence-electron chi connectivity index (χ4n) is 5.25. The molecule has 0 aliphatic heterocycles. The number of hydrogen-bond acceptors (Lipinski definition) is 5. The van der Waals surface area contributed by atoms with Gasteiger partial charge >= 0.3 is 6.18 Å². The van der Waals surface area contributed by atoms with E-state index in [4.69, 9.17) is 4.74 Å². The number of carbonyl (C=O) groups excluding carboxylic acids is 2. The maximum absolute atomic E-state index is 13.0. The van der Waals surface area contributed by atoms with E-state index in [9.17, 15) is 31.2 Å². The first kappa shape index (κ1) is 33.6. The Morgan fingerprint density at radius 1 is 0.978 bits per heavy atom. The third-order valence-electron chi connectivity index (χ3n) is 7.42. The first-order chi connectivity index (χ1) is 21.2. The van der Waals surface area contributed by atoms with E-state index in [1.807, 2.05) is 19.2 Å². The van der Waals surface area contributed by atoms with E-state index in [1.54, 1.807) is 43.3 Å². The first-order valence-corrected chi connectivity index (χ1v) is 16.0. The van der Waals surface area contributed by atoms with E-state index in [0.29, 0.717) is 23.3 Å². The first-order valence-electron chi connectivity index (χ1n) is 14.5. The van der Waals surface area contributed by atoms with Gasteiger partial charge in [-0.25, -0.2) is 13.1 Å². The molecule has 0 aliphatic rings. The van der Waals surface area contributed by atoms with Crippen LogP contribution < -0.4 is 14.8 Å². The van der Waals surface area contributed by atoms with Crippen LogP contribution in [0.3, 0.4) is 0 Å². The number of methoxy groups -OCH3 is 1. The number of aromatic nitrogens is 1. The molecule has 0 aliphatic carbocycles. The predicted molar refractivity (Wildman–Crippen MR) is 166 cm³/mol. The van der Waals surface area contributed by atoms with Crippen molar-refractivity contribution in [2.24, 2.45) is 5.92 Å². The lowest BCUT2D eigenvalue weighted by molar-refractivity contribution is -0.142. The van der Waals surface area contributed by atoms with Crippen molar-refractivity contribution < 1.29 is 35.9 Å². The summed E-state index contributed by atoms with van der Waals surface area (Å²) in [5.74, 6) is -1.66. The smallest absolute Gasteiger partial charge is 0.389 e. The molecule has 4 rings (SSSR count). The molecule has 2 N–H and O–H groups in total. The van der Waals surface area contributed by atoms with Crippen LogP contribution in [0.2, 0.25) is 0 Å². The van der Waals surface area contributed by atoms with Crippen LogP contribution in [-0.2, 0) is 23.0 Å². The number of halogens is 3. The number of benzene rings is 3. The number of hydrogen-bond donors (Lipinski definition) is 2. The SMILES string of the molecule is CCCn1cc(Cc2ccc(C(=O)NS(=O)(=O)c3ccccc3C)cc2OC)c2cc(C(=O)NC[C@@H](C)CC(F)(F)F)ccc21. The van der Waals surface area contributed by atoms with Crippen molar-refractivity contribution in [2.75, 3.05) is 13.7 Å². The van der Waals surface area contributed by atoms with Gasteiger partial charge in [0.2, 0.25) is 0 Å². The molecule has 0 fully saturated rings. The van der Waals surface area contributed by atoms with Gasteiger partial charge < -0.3 is 14.6 Å². The highest BCUT2D eigenvalue weighted by atomic mass is 32.2. The number of nitrogens with zero attached hydrogens (tertiary/aromatic N) is 1. The molecule has 0 bridgehead atoms. The van der Waals surface area contributed by atoms with E-state index in [2.05, 4.69) is 14.6 Å².